The zero-order valence-corrected chi connectivity index (χ0v) is 9.90. The minimum absolute atomic E-state index is 0.195. The van der Waals surface area contributed by atoms with Crippen molar-refractivity contribution in [1.82, 2.24) is 4.90 Å². The molecule has 0 aromatic heterocycles. The summed E-state index contributed by atoms with van der Waals surface area (Å²) in [5, 5.41) is 9.15. The van der Waals surface area contributed by atoms with Crippen LogP contribution in [0.2, 0.25) is 0 Å². The van der Waals surface area contributed by atoms with Gasteiger partial charge >= 0.3 is 0 Å². The number of nitrogens with two attached hydrogens (primary N) is 1. The maximum absolute atomic E-state index is 13.3. The molecule has 1 fully saturated rings. The van der Waals surface area contributed by atoms with E-state index in [1.807, 2.05) is 6.07 Å². The standard InChI is InChI=1S/C13H19FN2O/c14-12-6-10(3-4-13(12)15)7-16-5-1-2-11(8-16)9-17/h3-4,6,11,17H,1-2,5,7-9,15H2. The molecule has 0 radical (unpaired) electrons. The SMILES string of the molecule is Nc1ccc(CN2CCCC(CO)C2)cc1F. The van der Waals surface area contributed by atoms with Crippen LogP contribution in [0.4, 0.5) is 10.1 Å². The molecule has 4 heteroatoms. The normalized spacial score (nSPS) is 21.6. The molecule has 1 unspecified atom stereocenters. The van der Waals surface area contributed by atoms with Crippen molar-refractivity contribution in [2.75, 3.05) is 25.4 Å². The second-order valence-corrected chi connectivity index (χ2v) is 4.78. The fourth-order valence-corrected chi connectivity index (χ4v) is 2.37. The topological polar surface area (TPSA) is 49.5 Å². The fraction of sp³-hybridized carbons (Fsp3) is 0.538. The van der Waals surface area contributed by atoms with Crippen molar-refractivity contribution in [2.24, 2.45) is 5.92 Å². The van der Waals surface area contributed by atoms with Crippen molar-refractivity contribution in [1.29, 1.82) is 0 Å². The second kappa shape index (κ2) is 5.47. The summed E-state index contributed by atoms with van der Waals surface area (Å²) in [7, 11) is 0. The molecular weight excluding hydrogens is 219 g/mol. The molecular formula is C13H19FN2O. The van der Waals surface area contributed by atoms with Crippen LogP contribution in [0.5, 0.6) is 0 Å². The van der Waals surface area contributed by atoms with Gasteiger partial charge in [0.1, 0.15) is 5.82 Å². The average molecular weight is 238 g/mol. The number of nitrogens with zero attached hydrogens (tertiary/aromatic N) is 1. The number of anilines is 1. The van der Waals surface area contributed by atoms with Crippen LogP contribution in [0.15, 0.2) is 18.2 Å². The first-order valence-electron chi connectivity index (χ1n) is 6.06. The van der Waals surface area contributed by atoms with Gasteiger partial charge in [-0.1, -0.05) is 6.07 Å². The number of aliphatic hydroxyl groups excluding tert-OH is 1. The lowest BCUT2D eigenvalue weighted by molar-refractivity contribution is 0.116. The van der Waals surface area contributed by atoms with Gasteiger partial charge in [0.05, 0.1) is 5.69 Å². The average Bonchev–Trinajstić information content (AvgIpc) is 2.34. The van der Waals surface area contributed by atoms with Crippen LogP contribution < -0.4 is 5.73 Å². The Hall–Kier alpha value is -1.13. The summed E-state index contributed by atoms with van der Waals surface area (Å²) in [6.07, 6.45) is 2.19. The molecule has 1 heterocycles. The van der Waals surface area contributed by atoms with Gasteiger partial charge < -0.3 is 10.8 Å². The summed E-state index contributed by atoms with van der Waals surface area (Å²) in [6, 6.07) is 4.97. The van der Waals surface area contributed by atoms with Gasteiger partial charge in [0.15, 0.2) is 0 Å². The molecule has 0 saturated carbocycles. The molecule has 0 bridgehead atoms. The van der Waals surface area contributed by atoms with Crippen molar-refractivity contribution < 1.29 is 9.50 Å². The molecule has 1 aromatic rings. The third-order valence-electron chi connectivity index (χ3n) is 3.33. The van der Waals surface area contributed by atoms with Gasteiger partial charge in [-0.15, -0.1) is 0 Å². The minimum Gasteiger partial charge on any atom is -0.396 e. The van der Waals surface area contributed by atoms with Crippen molar-refractivity contribution in [3.8, 4) is 0 Å². The Morgan fingerprint density at radius 1 is 1.47 bits per heavy atom. The number of piperidine rings is 1. The number of benzene rings is 1. The Morgan fingerprint density at radius 2 is 2.29 bits per heavy atom. The molecule has 2 rings (SSSR count). The van der Waals surface area contributed by atoms with Crippen molar-refractivity contribution in [3.63, 3.8) is 0 Å². The number of rotatable bonds is 3. The third-order valence-corrected chi connectivity index (χ3v) is 3.33. The van der Waals surface area contributed by atoms with Gasteiger partial charge in [-0.25, -0.2) is 4.39 Å². The summed E-state index contributed by atoms with van der Waals surface area (Å²) < 4.78 is 13.3. The van der Waals surface area contributed by atoms with Gasteiger partial charge in [0, 0.05) is 19.7 Å². The van der Waals surface area contributed by atoms with E-state index in [-0.39, 0.29) is 18.1 Å². The first-order chi connectivity index (χ1) is 8.19. The van der Waals surface area contributed by atoms with Gasteiger partial charge in [0.2, 0.25) is 0 Å². The van der Waals surface area contributed by atoms with Crippen molar-refractivity contribution in [3.05, 3.63) is 29.6 Å². The Bertz CT molecular complexity index is 384. The molecule has 1 aliphatic rings. The van der Waals surface area contributed by atoms with Crippen LogP contribution in [0, 0.1) is 11.7 Å². The number of aliphatic hydroxyl groups is 1. The molecule has 0 amide bonds. The third kappa shape index (κ3) is 3.17. The summed E-state index contributed by atoms with van der Waals surface area (Å²) in [5.74, 6) is 0.0144. The second-order valence-electron chi connectivity index (χ2n) is 4.78. The quantitative estimate of drug-likeness (QED) is 0.787. The van der Waals surface area contributed by atoms with Gasteiger partial charge in [0.25, 0.3) is 0 Å². The van der Waals surface area contributed by atoms with E-state index in [9.17, 15) is 4.39 Å². The van der Waals surface area contributed by atoms with Crippen LogP contribution in [0.25, 0.3) is 0 Å². The molecule has 17 heavy (non-hydrogen) atoms. The van der Waals surface area contributed by atoms with E-state index >= 15 is 0 Å². The Kier molecular flexibility index (Phi) is 3.97. The number of nitrogen functional groups attached to an aromatic ring is 1. The Balaban J connectivity index is 1.97. The van der Waals surface area contributed by atoms with Crippen LogP contribution >= 0.6 is 0 Å². The summed E-state index contributed by atoms with van der Waals surface area (Å²) in [6.45, 7) is 2.88. The first-order valence-corrected chi connectivity index (χ1v) is 6.06. The molecule has 3 N–H and O–H groups in total. The Labute approximate surface area is 101 Å². The lowest BCUT2D eigenvalue weighted by atomic mass is 9.98. The monoisotopic (exact) mass is 238 g/mol. The Morgan fingerprint density at radius 3 is 3.00 bits per heavy atom. The summed E-state index contributed by atoms with van der Waals surface area (Å²) >= 11 is 0. The predicted octanol–water partition coefficient (Wildman–Crippen LogP) is 1.61. The zero-order valence-electron chi connectivity index (χ0n) is 9.90. The highest BCUT2D eigenvalue weighted by Gasteiger charge is 2.19. The highest BCUT2D eigenvalue weighted by Crippen LogP contribution is 2.19. The summed E-state index contributed by atoms with van der Waals surface area (Å²) in [4.78, 5) is 2.26. The van der Waals surface area contributed by atoms with E-state index in [0.717, 1.165) is 38.0 Å². The highest BCUT2D eigenvalue weighted by atomic mass is 19.1. The number of likely N-dealkylation sites (tertiary alicyclic amines) is 1. The molecule has 0 spiro atoms. The number of halogens is 1. The molecule has 1 aromatic carbocycles. The van der Waals surface area contributed by atoms with Crippen LogP contribution in [-0.4, -0.2) is 29.7 Å². The van der Waals surface area contributed by atoms with E-state index in [1.165, 1.54) is 6.07 Å². The molecule has 0 aliphatic carbocycles. The van der Waals surface area contributed by atoms with Crippen molar-refractivity contribution in [2.45, 2.75) is 19.4 Å². The molecule has 1 atom stereocenters. The lowest BCUT2D eigenvalue weighted by Gasteiger charge is -2.31. The van der Waals surface area contributed by atoms with Crippen molar-refractivity contribution >= 4 is 5.69 Å². The largest absolute Gasteiger partial charge is 0.396 e. The number of hydrogen-bond donors (Lipinski definition) is 2. The maximum atomic E-state index is 13.3. The van der Waals surface area contributed by atoms with E-state index in [1.54, 1.807) is 6.07 Å². The fourth-order valence-electron chi connectivity index (χ4n) is 2.37. The van der Waals surface area contributed by atoms with Gasteiger partial charge in [-0.05, 0) is 43.0 Å². The lowest BCUT2D eigenvalue weighted by Crippen LogP contribution is -2.36. The highest BCUT2D eigenvalue weighted by molar-refractivity contribution is 5.41. The van der Waals surface area contributed by atoms with Gasteiger partial charge in [-0.2, -0.15) is 0 Å². The van der Waals surface area contributed by atoms with Crippen LogP contribution in [0.1, 0.15) is 18.4 Å². The van der Waals surface area contributed by atoms with Crippen LogP contribution in [0.3, 0.4) is 0 Å². The van der Waals surface area contributed by atoms with Gasteiger partial charge in [-0.3, -0.25) is 4.90 Å². The molecule has 1 saturated heterocycles. The minimum atomic E-state index is -0.349. The zero-order chi connectivity index (χ0) is 12.3. The maximum Gasteiger partial charge on any atom is 0.146 e. The first kappa shape index (κ1) is 12.3. The summed E-state index contributed by atoms with van der Waals surface area (Å²) in [5.41, 5.74) is 6.58. The van der Waals surface area contributed by atoms with E-state index in [2.05, 4.69) is 4.90 Å². The van der Waals surface area contributed by atoms with E-state index in [0.29, 0.717) is 5.92 Å². The van der Waals surface area contributed by atoms with Crippen LogP contribution in [-0.2, 0) is 6.54 Å². The van der Waals surface area contributed by atoms with E-state index in [4.69, 9.17) is 10.8 Å². The number of hydrogen-bond acceptors (Lipinski definition) is 3. The predicted molar refractivity (Wildman–Crippen MR) is 65.9 cm³/mol. The smallest absolute Gasteiger partial charge is 0.146 e. The molecule has 1 aliphatic heterocycles. The molecule has 94 valence electrons. The molecule has 3 nitrogen and oxygen atoms in total. The van der Waals surface area contributed by atoms with E-state index < -0.39 is 0 Å².